The summed E-state index contributed by atoms with van der Waals surface area (Å²) in [6.45, 7) is 0. The van der Waals surface area contributed by atoms with Crippen molar-refractivity contribution in [3.8, 4) is 0 Å². The predicted molar refractivity (Wildman–Crippen MR) is 57.2 cm³/mol. The van der Waals surface area contributed by atoms with Gasteiger partial charge in [0, 0.05) is 5.38 Å². The summed E-state index contributed by atoms with van der Waals surface area (Å²) in [4.78, 5) is 0. The minimum absolute atomic E-state index is 0.0805. The van der Waals surface area contributed by atoms with Crippen LogP contribution in [0.4, 0.5) is 8.78 Å². The van der Waals surface area contributed by atoms with Gasteiger partial charge in [-0.3, -0.25) is 0 Å². The largest absolute Gasteiger partial charge is 0.207 e. The molecule has 0 amide bonds. The number of hydrogen-bond acceptors (Lipinski definition) is 0. The molecule has 0 bridgehead atoms. The molecule has 0 aromatic heterocycles. The van der Waals surface area contributed by atoms with Crippen molar-refractivity contribution in [1.82, 2.24) is 0 Å². The summed E-state index contributed by atoms with van der Waals surface area (Å²) in [7, 11) is 0. The van der Waals surface area contributed by atoms with E-state index >= 15 is 0 Å². The third-order valence-electron chi connectivity index (χ3n) is 3.01. The van der Waals surface area contributed by atoms with Crippen LogP contribution in [0.3, 0.4) is 0 Å². The number of halogens is 3. The van der Waals surface area contributed by atoms with Gasteiger partial charge in [0.1, 0.15) is 11.6 Å². The van der Waals surface area contributed by atoms with Crippen molar-refractivity contribution < 1.29 is 8.78 Å². The maximum Gasteiger partial charge on any atom is 0.126 e. The van der Waals surface area contributed by atoms with Gasteiger partial charge in [-0.15, -0.1) is 11.6 Å². The van der Waals surface area contributed by atoms with Crippen molar-refractivity contribution in [2.75, 3.05) is 0 Å². The van der Waals surface area contributed by atoms with E-state index in [9.17, 15) is 8.78 Å². The Morgan fingerprint density at radius 1 is 1.20 bits per heavy atom. The van der Waals surface area contributed by atoms with Crippen molar-refractivity contribution in [3.63, 3.8) is 0 Å². The Kier molecular flexibility index (Phi) is 3.25. The van der Waals surface area contributed by atoms with E-state index in [0.717, 1.165) is 31.7 Å². The van der Waals surface area contributed by atoms with Crippen LogP contribution in [0.15, 0.2) is 18.2 Å². The number of rotatable bonds is 1. The minimum atomic E-state index is -0.372. The van der Waals surface area contributed by atoms with Gasteiger partial charge in [-0.2, -0.15) is 0 Å². The molecule has 0 nitrogen and oxygen atoms in total. The molecule has 2 rings (SSSR count). The van der Waals surface area contributed by atoms with Gasteiger partial charge in [-0.1, -0.05) is 6.42 Å². The summed E-state index contributed by atoms with van der Waals surface area (Å²) >= 11 is 6.04. The maximum atomic E-state index is 13.5. The molecule has 2 atom stereocenters. The summed E-state index contributed by atoms with van der Waals surface area (Å²) in [5.74, 6) is -0.604. The maximum absolute atomic E-state index is 13.5. The zero-order chi connectivity index (χ0) is 10.8. The van der Waals surface area contributed by atoms with E-state index in [1.165, 1.54) is 12.1 Å². The SMILES string of the molecule is Fc1ccc(F)c(C2CCCC(Cl)C2)c1. The second-order valence-electron chi connectivity index (χ2n) is 4.13. The zero-order valence-electron chi connectivity index (χ0n) is 8.35. The lowest BCUT2D eigenvalue weighted by molar-refractivity contribution is 0.432. The Morgan fingerprint density at radius 3 is 2.73 bits per heavy atom. The second-order valence-corrected chi connectivity index (χ2v) is 4.74. The standard InChI is InChI=1S/C12H13ClF2/c13-9-3-1-2-8(6-9)11-7-10(14)4-5-12(11)15/h4-5,7-9H,1-3,6H2. The highest BCUT2D eigenvalue weighted by Gasteiger charge is 2.24. The first-order chi connectivity index (χ1) is 7.16. The van der Waals surface area contributed by atoms with Crippen LogP contribution >= 0.6 is 11.6 Å². The molecule has 0 aliphatic heterocycles. The Morgan fingerprint density at radius 2 is 2.00 bits per heavy atom. The van der Waals surface area contributed by atoms with Crippen molar-refractivity contribution >= 4 is 11.6 Å². The molecule has 0 N–H and O–H groups in total. The van der Waals surface area contributed by atoms with Crippen LogP contribution in [0, 0.1) is 11.6 Å². The van der Waals surface area contributed by atoms with E-state index in [0.29, 0.717) is 5.56 Å². The Bertz CT molecular complexity index is 351. The minimum Gasteiger partial charge on any atom is -0.207 e. The first kappa shape index (κ1) is 10.9. The highest BCUT2D eigenvalue weighted by atomic mass is 35.5. The normalized spacial score (nSPS) is 26.6. The molecule has 1 aromatic rings. The van der Waals surface area contributed by atoms with Gasteiger partial charge in [-0.05, 0) is 48.9 Å². The predicted octanol–water partition coefficient (Wildman–Crippen LogP) is 4.23. The van der Waals surface area contributed by atoms with Gasteiger partial charge >= 0.3 is 0 Å². The number of hydrogen-bond donors (Lipinski definition) is 0. The Balaban J connectivity index is 2.24. The molecule has 1 fully saturated rings. The molecular formula is C12H13ClF2. The van der Waals surface area contributed by atoms with Crippen LogP contribution < -0.4 is 0 Å². The zero-order valence-corrected chi connectivity index (χ0v) is 9.11. The summed E-state index contributed by atoms with van der Waals surface area (Å²) in [5, 5.41) is 0.103. The van der Waals surface area contributed by atoms with Crippen LogP contribution in [0.1, 0.15) is 37.2 Å². The van der Waals surface area contributed by atoms with Crippen molar-refractivity contribution in [1.29, 1.82) is 0 Å². The molecule has 0 spiro atoms. The van der Waals surface area contributed by atoms with E-state index in [2.05, 4.69) is 0 Å². The monoisotopic (exact) mass is 230 g/mol. The Labute approximate surface area is 93.2 Å². The fourth-order valence-corrected chi connectivity index (χ4v) is 2.61. The lowest BCUT2D eigenvalue weighted by atomic mass is 9.83. The molecule has 1 aliphatic rings. The van der Waals surface area contributed by atoms with Crippen molar-refractivity contribution in [3.05, 3.63) is 35.4 Å². The van der Waals surface area contributed by atoms with E-state index in [1.54, 1.807) is 0 Å². The smallest absolute Gasteiger partial charge is 0.126 e. The molecule has 0 saturated heterocycles. The second kappa shape index (κ2) is 4.48. The molecule has 1 aromatic carbocycles. The summed E-state index contributed by atoms with van der Waals surface area (Å²) in [5.41, 5.74) is 0.486. The van der Waals surface area contributed by atoms with Crippen LogP contribution in [0.25, 0.3) is 0 Å². The van der Waals surface area contributed by atoms with Gasteiger partial charge in [0.2, 0.25) is 0 Å². The topological polar surface area (TPSA) is 0 Å². The van der Waals surface area contributed by atoms with Gasteiger partial charge in [0.25, 0.3) is 0 Å². The van der Waals surface area contributed by atoms with Crippen molar-refractivity contribution in [2.24, 2.45) is 0 Å². The van der Waals surface area contributed by atoms with Crippen LogP contribution in [0.2, 0.25) is 0 Å². The van der Waals surface area contributed by atoms with Gasteiger partial charge < -0.3 is 0 Å². The third-order valence-corrected chi connectivity index (χ3v) is 3.40. The van der Waals surface area contributed by atoms with E-state index in [4.69, 9.17) is 11.6 Å². The van der Waals surface area contributed by atoms with E-state index in [-0.39, 0.29) is 22.9 Å². The fourth-order valence-electron chi connectivity index (χ4n) is 2.24. The molecule has 82 valence electrons. The molecule has 1 aliphatic carbocycles. The molecule has 15 heavy (non-hydrogen) atoms. The van der Waals surface area contributed by atoms with Crippen LogP contribution in [0.5, 0.6) is 0 Å². The average molecular weight is 231 g/mol. The highest BCUT2D eigenvalue weighted by molar-refractivity contribution is 6.20. The first-order valence-electron chi connectivity index (χ1n) is 5.26. The molecule has 1 saturated carbocycles. The van der Waals surface area contributed by atoms with Crippen LogP contribution in [-0.2, 0) is 0 Å². The average Bonchev–Trinajstić information content (AvgIpc) is 2.22. The fraction of sp³-hybridized carbons (Fsp3) is 0.500. The molecule has 0 heterocycles. The Hall–Kier alpha value is -0.630. The molecular weight excluding hydrogens is 218 g/mol. The van der Waals surface area contributed by atoms with E-state index < -0.39 is 0 Å². The van der Waals surface area contributed by atoms with Gasteiger partial charge in [0.05, 0.1) is 0 Å². The summed E-state index contributed by atoms with van der Waals surface area (Å²) < 4.78 is 26.5. The van der Waals surface area contributed by atoms with Gasteiger partial charge in [-0.25, -0.2) is 8.78 Å². The lowest BCUT2D eigenvalue weighted by Crippen LogP contribution is -2.15. The lowest BCUT2D eigenvalue weighted by Gasteiger charge is -2.25. The summed E-state index contributed by atoms with van der Waals surface area (Å²) in [6, 6.07) is 3.65. The number of benzene rings is 1. The third kappa shape index (κ3) is 2.49. The quantitative estimate of drug-likeness (QED) is 0.634. The van der Waals surface area contributed by atoms with Gasteiger partial charge in [0.15, 0.2) is 0 Å². The van der Waals surface area contributed by atoms with E-state index in [1.807, 2.05) is 0 Å². The van der Waals surface area contributed by atoms with Crippen molar-refractivity contribution in [2.45, 2.75) is 37.0 Å². The molecule has 3 heteroatoms. The summed E-state index contributed by atoms with van der Waals surface area (Å²) in [6.07, 6.45) is 3.63. The van der Waals surface area contributed by atoms with Crippen LogP contribution in [-0.4, -0.2) is 5.38 Å². The first-order valence-corrected chi connectivity index (χ1v) is 5.69. The molecule has 0 radical (unpaired) electrons. The molecule has 2 unspecified atom stereocenters. The number of alkyl halides is 1. The highest BCUT2D eigenvalue weighted by Crippen LogP contribution is 2.36.